The second-order valence-corrected chi connectivity index (χ2v) is 8.23. The predicted octanol–water partition coefficient (Wildman–Crippen LogP) is 3.75. The number of benzene rings is 2. The van der Waals surface area contributed by atoms with Crippen LogP contribution in [0, 0.1) is 0 Å². The van der Waals surface area contributed by atoms with Crippen LogP contribution in [0.15, 0.2) is 57.9 Å². The molecule has 0 heterocycles. The third-order valence-corrected chi connectivity index (χ3v) is 5.97. The molecule has 2 aromatic carbocycles. The summed E-state index contributed by atoms with van der Waals surface area (Å²) in [7, 11) is -3.76. The Labute approximate surface area is 154 Å². The summed E-state index contributed by atoms with van der Waals surface area (Å²) in [6.45, 7) is 1.59. The molecule has 0 radical (unpaired) electrons. The number of hydrogen-bond donors (Lipinski definition) is 1. The van der Waals surface area contributed by atoms with Gasteiger partial charge in [0.05, 0.1) is 11.4 Å². The molecule has 8 heteroatoms. The van der Waals surface area contributed by atoms with Crippen molar-refractivity contribution in [1.29, 1.82) is 0 Å². The lowest BCUT2D eigenvalue weighted by molar-refractivity contribution is -0.116. The lowest BCUT2D eigenvalue weighted by atomic mass is 10.3. The minimum atomic E-state index is -3.76. The molecular weight excluding hydrogens is 416 g/mol. The minimum Gasteiger partial charge on any atom is -0.325 e. The topological polar surface area (TPSA) is 66.5 Å². The zero-order chi connectivity index (χ0) is 17.7. The van der Waals surface area contributed by atoms with Gasteiger partial charge in [-0.1, -0.05) is 34.5 Å². The zero-order valence-corrected chi connectivity index (χ0v) is 16.0. The first-order valence-electron chi connectivity index (χ1n) is 7.14. The first-order chi connectivity index (χ1) is 11.3. The number of carbonyl (C=O) groups is 1. The molecule has 2 aromatic rings. The molecule has 0 atom stereocenters. The van der Waals surface area contributed by atoms with Gasteiger partial charge >= 0.3 is 0 Å². The van der Waals surface area contributed by atoms with Crippen LogP contribution in [-0.2, 0) is 14.8 Å². The van der Waals surface area contributed by atoms with Gasteiger partial charge in [-0.25, -0.2) is 8.42 Å². The van der Waals surface area contributed by atoms with E-state index < -0.39 is 15.9 Å². The van der Waals surface area contributed by atoms with Crippen LogP contribution in [0.5, 0.6) is 0 Å². The largest absolute Gasteiger partial charge is 0.325 e. The standard InChI is InChI=1S/C16H16BrClN2O3S/c1-2-20(24(22,23)15-9-5-13(18)6-10-15)11-16(21)19-14-7-3-12(17)4-8-14/h3-10H,2,11H2,1H3,(H,19,21). The first-order valence-corrected chi connectivity index (χ1v) is 9.75. The number of nitrogens with one attached hydrogen (secondary N) is 1. The first kappa shape index (κ1) is 18.9. The number of likely N-dealkylation sites (N-methyl/N-ethyl adjacent to an activating group) is 1. The van der Waals surface area contributed by atoms with E-state index in [-0.39, 0.29) is 18.0 Å². The molecule has 0 unspecified atom stereocenters. The maximum Gasteiger partial charge on any atom is 0.243 e. The average molecular weight is 432 g/mol. The highest BCUT2D eigenvalue weighted by atomic mass is 79.9. The number of sulfonamides is 1. The van der Waals surface area contributed by atoms with Gasteiger partial charge in [-0.2, -0.15) is 4.31 Å². The fraction of sp³-hybridized carbons (Fsp3) is 0.188. The Morgan fingerprint density at radius 2 is 1.71 bits per heavy atom. The lowest BCUT2D eigenvalue weighted by Gasteiger charge is -2.20. The molecule has 0 aromatic heterocycles. The molecule has 0 aliphatic heterocycles. The number of rotatable bonds is 6. The van der Waals surface area contributed by atoms with E-state index in [0.29, 0.717) is 10.7 Å². The van der Waals surface area contributed by atoms with Crippen LogP contribution in [0.3, 0.4) is 0 Å². The van der Waals surface area contributed by atoms with Gasteiger partial charge in [0, 0.05) is 21.7 Å². The number of nitrogens with zero attached hydrogens (tertiary/aromatic N) is 1. The van der Waals surface area contributed by atoms with Crippen LogP contribution in [0.25, 0.3) is 0 Å². The molecule has 0 saturated heterocycles. The SMILES string of the molecule is CCN(CC(=O)Nc1ccc(Br)cc1)S(=O)(=O)c1ccc(Cl)cc1. The second-order valence-electron chi connectivity index (χ2n) is 4.94. The van der Waals surface area contributed by atoms with E-state index in [1.165, 1.54) is 24.3 Å². The maximum absolute atomic E-state index is 12.6. The molecule has 0 aliphatic carbocycles. The van der Waals surface area contributed by atoms with Gasteiger partial charge in [0.15, 0.2) is 0 Å². The van der Waals surface area contributed by atoms with E-state index in [4.69, 9.17) is 11.6 Å². The maximum atomic E-state index is 12.6. The molecule has 128 valence electrons. The fourth-order valence-electron chi connectivity index (χ4n) is 2.02. The Hall–Kier alpha value is -1.41. The van der Waals surface area contributed by atoms with E-state index in [1.807, 2.05) is 0 Å². The van der Waals surface area contributed by atoms with Gasteiger partial charge in [-0.3, -0.25) is 4.79 Å². The van der Waals surface area contributed by atoms with Crippen molar-refractivity contribution in [1.82, 2.24) is 4.31 Å². The molecule has 0 bridgehead atoms. The molecule has 1 amide bonds. The van der Waals surface area contributed by atoms with Crippen molar-refractivity contribution in [2.45, 2.75) is 11.8 Å². The molecule has 0 fully saturated rings. The van der Waals surface area contributed by atoms with Crippen molar-refractivity contribution in [3.63, 3.8) is 0 Å². The highest BCUT2D eigenvalue weighted by Crippen LogP contribution is 2.19. The van der Waals surface area contributed by atoms with Gasteiger partial charge in [0.25, 0.3) is 0 Å². The van der Waals surface area contributed by atoms with Crippen molar-refractivity contribution in [3.05, 3.63) is 58.0 Å². The van der Waals surface area contributed by atoms with Crippen LogP contribution in [0.1, 0.15) is 6.92 Å². The van der Waals surface area contributed by atoms with E-state index in [1.54, 1.807) is 31.2 Å². The molecular formula is C16H16BrClN2O3S. The van der Waals surface area contributed by atoms with Crippen LogP contribution in [0.4, 0.5) is 5.69 Å². The Morgan fingerprint density at radius 3 is 2.25 bits per heavy atom. The summed E-state index contributed by atoms with van der Waals surface area (Å²) in [5.74, 6) is -0.406. The minimum absolute atomic E-state index is 0.102. The zero-order valence-electron chi connectivity index (χ0n) is 12.9. The normalized spacial score (nSPS) is 11.5. The number of carbonyl (C=O) groups excluding carboxylic acids is 1. The van der Waals surface area contributed by atoms with Crippen LogP contribution >= 0.6 is 27.5 Å². The van der Waals surface area contributed by atoms with Crippen molar-refractivity contribution in [2.24, 2.45) is 0 Å². The highest BCUT2D eigenvalue weighted by molar-refractivity contribution is 9.10. The Kier molecular flexibility index (Phi) is 6.40. The summed E-state index contributed by atoms with van der Waals surface area (Å²) in [6, 6.07) is 12.9. The number of anilines is 1. The van der Waals surface area contributed by atoms with Gasteiger partial charge in [-0.15, -0.1) is 0 Å². The molecule has 0 spiro atoms. The highest BCUT2D eigenvalue weighted by Gasteiger charge is 2.25. The van der Waals surface area contributed by atoms with Gasteiger partial charge in [0.2, 0.25) is 15.9 Å². The molecule has 24 heavy (non-hydrogen) atoms. The third kappa shape index (κ3) is 4.80. The van der Waals surface area contributed by atoms with Crippen LogP contribution in [-0.4, -0.2) is 31.7 Å². The molecule has 0 saturated carbocycles. The average Bonchev–Trinajstić information content (AvgIpc) is 2.55. The van der Waals surface area contributed by atoms with Gasteiger partial charge < -0.3 is 5.32 Å². The Bertz CT molecular complexity index is 808. The Balaban J connectivity index is 2.11. The summed E-state index contributed by atoms with van der Waals surface area (Å²) in [4.78, 5) is 12.3. The quantitative estimate of drug-likeness (QED) is 0.757. The second kappa shape index (κ2) is 8.11. The molecule has 1 N–H and O–H groups in total. The van der Waals surface area contributed by atoms with Gasteiger partial charge in [0.1, 0.15) is 0 Å². The van der Waals surface area contributed by atoms with Crippen LogP contribution < -0.4 is 5.32 Å². The number of halogens is 2. The summed E-state index contributed by atoms with van der Waals surface area (Å²) >= 11 is 9.10. The smallest absolute Gasteiger partial charge is 0.243 e. The van der Waals surface area contributed by atoms with E-state index in [9.17, 15) is 13.2 Å². The van der Waals surface area contributed by atoms with E-state index in [0.717, 1.165) is 8.78 Å². The van der Waals surface area contributed by atoms with Crippen LogP contribution in [0.2, 0.25) is 5.02 Å². The van der Waals surface area contributed by atoms with Crippen molar-refractivity contribution < 1.29 is 13.2 Å². The Morgan fingerprint density at radius 1 is 1.12 bits per heavy atom. The summed E-state index contributed by atoms with van der Waals surface area (Å²) < 4.78 is 27.2. The number of hydrogen-bond acceptors (Lipinski definition) is 3. The molecule has 5 nitrogen and oxygen atoms in total. The summed E-state index contributed by atoms with van der Waals surface area (Å²) in [5, 5.41) is 3.13. The molecule has 2 rings (SSSR count). The van der Waals surface area contributed by atoms with Crippen molar-refractivity contribution in [3.8, 4) is 0 Å². The third-order valence-electron chi connectivity index (χ3n) is 3.25. The van der Waals surface area contributed by atoms with Crippen molar-refractivity contribution in [2.75, 3.05) is 18.4 Å². The molecule has 0 aliphatic rings. The van der Waals surface area contributed by atoms with E-state index >= 15 is 0 Å². The number of amides is 1. The summed E-state index contributed by atoms with van der Waals surface area (Å²) in [5.41, 5.74) is 0.600. The van der Waals surface area contributed by atoms with Gasteiger partial charge in [-0.05, 0) is 48.5 Å². The van der Waals surface area contributed by atoms with E-state index in [2.05, 4.69) is 21.2 Å². The predicted molar refractivity (Wildman–Crippen MR) is 98.7 cm³/mol. The summed E-state index contributed by atoms with van der Waals surface area (Å²) in [6.07, 6.45) is 0. The fourth-order valence-corrected chi connectivity index (χ4v) is 3.81. The monoisotopic (exact) mass is 430 g/mol. The van der Waals surface area contributed by atoms with Crippen molar-refractivity contribution >= 4 is 49.1 Å². The lowest BCUT2D eigenvalue weighted by Crippen LogP contribution is -2.37.